The lowest BCUT2D eigenvalue weighted by Gasteiger charge is -2.31. The lowest BCUT2D eigenvalue weighted by Crippen LogP contribution is -2.51. The molecule has 16 heteroatoms. The molecule has 4 amide bonds. The largest absolute Gasteiger partial charge is 0.465 e. The van der Waals surface area contributed by atoms with Crippen LogP contribution in [-0.4, -0.2) is 97.7 Å². The van der Waals surface area contributed by atoms with Crippen molar-refractivity contribution in [2.75, 3.05) is 27.3 Å². The molecule has 0 radical (unpaired) electrons. The lowest BCUT2D eigenvalue weighted by atomic mass is 9.97. The molecular formula is C50H57N9O7. The first-order valence-electron chi connectivity index (χ1n) is 22.9. The van der Waals surface area contributed by atoms with Crippen molar-refractivity contribution in [3.63, 3.8) is 0 Å². The highest BCUT2D eigenvalue weighted by Crippen LogP contribution is 2.46. The minimum Gasteiger partial charge on any atom is -0.465 e. The van der Waals surface area contributed by atoms with Crippen molar-refractivity contribution in [3.8, 4) is 39.5 Å². The summed E-state index contributed by atoms with van der Waals surface area (Å²) in [5.74, 6) is 1.62. The number of fused-ring (bicyclic) bond motifs is 5. The molecular weight excluding hydrogens is 839 g/mol. The number of carbonyl (C=O) groups excluding carboxylic acids is 4. The Morgan fingerprint density at radius 1 is 0.758 bits per heavy atom. The molecule has 3 aliphatic heterocycles. The first kappa shape index (κ1) is 44.1. The number of imidazole rings is 2. The van der Waals surface area contributed by atoms with Crippen LogP contribution in [0.15, 0.2) is 85.2 Å². The highest BCUT2D eigenvalue weighted by molar-refractivity contribution is 5.93. The number of benzene rings is 3. The highest BCUT2D eigenvalue weighted by atomic mass is 16.5. The summed E-state index contributed by atoms with van der Waals surface area (Å²) >= 11 is 0. The Balaban J connectivity index is 0.999. The predicted octanol–water partition coefficient (Wildman–Crippen LogP) is 8.51. The average Bonchev–Trinajstić information content (AvgIpc) is 4.20. The number of rotatable bonds is 12. The van der Waals surface area contributed by atoms with Crippen LogP contribution in [0.5, 0.6) is 5.75 Å². The number of alkyl carbamates (subject to hydrolysis) is 2. The second-order valence-corrected chi connectivity index (χ2v) is 17.9. The van der Waals surface area contributed by atoms with Gasteiger partial charge in [0.2, 0.25) is 18.0 Å². The zero-order valence-corrected chi connectivity index (χ0v) is 38.2. The normalized spacial score (nSPS) is 19.2. The van der Waals surface area contributed by atoms with Crippen LogP contribution in [0.1, 0.15) is 95.3 Å². The van der Waals surface area contributed by atoms with E-state index in [4.69, 9.17) is 24.2 Å². The Hall–Kier alpha value is -7.10. The third-order valence-electron chi connectivity index (χ3n) is 13.5. The van der Waals surface area contributed by atoms with Gasteiger partial charge in [-0.15, -0.1) is 0 Å². The summed E-state index contributed by atoms with van der Waals surface area (Å²) < 4.78 is 18.8. The van der Waals surface area contributed by atoms with E-state index >= 15 is 0 Å². The van der Waals surface area contributed by atoms with Crippen LogP contribution in [0.25, 0.3) is 44.7 Å². The predicted molar refractivity (Wildman–Crippen MR) is 248 cm³/mol. The number of aromatic nitrogens is 5. The number of nitrogens with zero attached hydrogens (tertiary/aromatic N) is 5. The molecule has 3 aromatic carbocycles. The molecule has 0 unspecified atom stereocenters. The van der Waals surface area contributed by atoms with E-state index in [1.165, 1.54) is 14.2 Å². The summed E-state index contributed by atoms with van der Waals surface area (Å²) in [4.78, 5) is 72.3. The molecule has 66 heavy (non-hydrogen) atoms. The maximum absolute atomic E-state index is 13.9. The molecule has 9 rings (SSSR count). The van der Waals surface area contributed by atoms with Crippen LogP contribution >= 0.6 is 0 Å². The summed E-state index contributed by atoms with van der Waals surface area (Å²) in [6.45, 7) is 8.91. The van der Waals surface area contributed by atoms with Gasteiger partial charge in [0.25, 0.3) is 0 Å². The van der Waals surface area contributed by atoms with Gasteiger partial charge in [-0.05, 0) is 67.9 Å². The maximum atomic E-state index is 13.9. The lowest BCUT2D eigenvalue weighted by molar-refractivity contribution is -0.136. The van der Waals surface area contributed by atoms with Crippen LogP contribution in [0.2, 0.25) is 0 Å². The van der Waals surface area contributed by atoms with Crippen LogP contribution in [0, 0.1) is 11.8 Å². The second-order valence-electron chi connectivity index (χ2n) is 17.9. The molecule has 3 aromatic heterocycles. The van der Waals surface area contributed by atoms with E-state index in [-0.39, 0.29) is 35.7 Å². The van der Waals surface area contributed by atoms with Crippen molar-refractivity contribution in [1.29, 1.82) is 0 Å². The summed E-state index contributed by atoms with van der Waals surface area (Å²) in [5, 5.41) is 6.51. The van der Waals surface area contributed by atoms with Crippen molar-refractivity contribution in [2.24, 2.45) is 11.8 Å². The van der Waals surface area contributed by atoms with Crippen molar-refractivity contribution in [1.82, 2.24) is 44.9 Å². The van der Waals surface area contributed by atoms with Crippen molar-refractivity contribution in [3.05, 3.63) is 102 Å². The van der Waals surface area contributed by atoms with E-state index in [9.17, 15) is 19.2 Å². The molecule has 16 nitrogen and oxygen atoms in total. The third-order valence-corrected chi connectivity index (χ3v) is 13.5. The second kappa shape index (κ2) is 18.4. The number of hydrogen-bond acceptors (Lipinski definition) is 9. The van der Waals surface area contributed by atoms with Gasteiger partial charge >= 0.3 is 12.2 Å². The smallest absolute Gasteiger partial charge is 0.407 e. The third kappa shape index (κ3) is 8.24. The molecule has 4 N–H and O–H groups in total. The Kier molecular flexibility index (Phi) is 12.3. The first-order valence-corrected chi connectivity index (χ1v) is 22.9. The number of nitrogens with one attached hydrogen (secondary N) is 4. The minimum atomic E-state index is -0.714. The molecule has 6 aromatic rings. The molecule has 344 valence electrons. The van der Waals surface area contributed by atoms with E-state index in [0.717, 1.165) is 81.7 Å². The average molecular weight is 896 g/mol. The quantitative estimate of drug-likeness (QED) is 0.0934. The monoisotopic (exact) mass is 895 g/mol. The fraction of sp³-hybridized carbons (Fsp3) is 0.400. The van der Waals surface area contributed by atoms with Gasteiger partial charge in [-0.25, -0.2) is 19.6 Å². The van der Waals surface area contributed by atoms with Crippen LogP contribution in [0.4, 0.5) is 9.59 Å². The Bertz CT molecular complexity index is 2760. The van der Waals surface area contributed by atoms with Crippen LogP contribution in [-0.2, 0) is 19.1 Å². The van der Waals surface area contributed by atoms with Crippen LogP contribution < -0.4 is 15.4 Å². The number of ether oxygens (including phenoxy) is 3. The Morgan fingerprint density at radius 2 is 1.33 bits per heavy atom. The molecule has 0 aliphatic carbocycles. The maximum Gasteiger partial charge on any atom is 0.407 e. The number of likely N-dealkylation sites (tertiary alicyclic amines) is 2. The first-order chi connectivity index (χ1) is 32.0. The van der Waals surface area contributed by atoms with Gasteiger partial charge < -0.3 is 49.2 Å². The van der Waals surface area contributed by atoms with E-state index in [0.29, 0.717) is 31.2 Å². The number of carbonyl (C=O) groups is 4. The summed E-state index contributed by atoms with van der Waals surface area (Å²) in [6, 6.07) is 23.0. The number of H-pyrrole nitrogens is 2. The number of hydrogen-bond donors (Lipinski definition) is 4. The van der Waals surface area contributed by atoms with Gasteiger partial charge in [-0.2, -0.15) is 0 Å². The van der Waals surface area contributed by atoms with Gasteiger partial charge in [-0.3, -0.25) is 9.59 Å². The Labute approximate surface area is 383 Å². The SMILES string of the molecule is CC[C@H](C)[C@H](NC(=O)OC)C(=O)N1CCC[C@H]1c1ncc(-c2ccc3c(c2)O[C@@H](c2ccccc2)n2c-3cc3cc(-c4cnc([C@@H]5CCCN5C(=O)[C@@H](NC(=O)OC)C(C)C)[nH]4)ccc32)[nH]1. The zero-order valence-electron chi connectivity index (χ0n) is 38.2. The van der Waals surface area contributed by atoms with Gasteiger partial charge in [0.1, 0.15) is 29.5 Å². The highest BCUT2D eigenvalue weighted by Gasteiger charge is 2.40. The van der Waals surface area contributed by atoms with E-state index < -0.39 is 30.5 Å². The van der Waals surface area contributed by atoms with E-state index in [2.05, 4.69) is 73.7 Å². The van der Waals surface area contributed by atoms with Crippen LogP contribution in [0.3, 0.4) is 0 Å². The molecule has 0 spiro atoms. The van der Waals surface area contributed by atoms with E-state index in [1.807, 2.05) is 68.0 Å². The van der Waals surface area contributed by atoms with Gasteiger partial charge in [0.05, 0.1) is 61.3 Å². The summed E-state index contributed by atoms with van der Waals surface area (Å²) in [5.41, 5.74) is 7.44. The van der Waals surface area contributed by atoms with Gasteiger partial charge in [0.15, 0.2) is 0 Å². The number of aromatic amines is 2. The van der Waals surface area contributed by atoms with E-state index in [1.54, 1.807) is 6.20 Å². The number of amides is 4. The molecule has 2 fully saturated rings. The van der Waals surface area contributed by atoms with Crippen molar-refractivity contribution < 1.29 is 33.4 Å². The molecule has 2 saturated heterocycles. The van der Waals surface area contributed by atoms with Gasteiger partial charge in [-0.1, -0.05) is 76.6 Å². The van der Waals surface area contributed by atoms with Crippen molar-refractivity contribution >= 4 is 34.9 Å². The molecule has 6 atom stereocenters. The Morgan fingerprint density at radius 3 is 1.92 bits per heavy atom. The molecule has 3 aliphatic rings. The summed E-state index contributed by atoms with van der Waals surface area (Å²) in [6.07, 6.45) is 5.79. The van der Waals surface area contributed by atoms with Crippen molar-refractivity contribution in [2.45, 2.75) is 90.2 Å². The molecule has 0 saturated carbocycles. The summed E-state index contributed by atoms with van der Waals surface area (Å²) in [7, 11) is 2.59. The number of methoxy groups -OCH3 is 2. The standard InChI is InChI=1S/C50H57N9O7/c1-7-29(4)43(56-50(63)65-6)47(61)58-22-12-16-39(58)45-52-27-36(54-45)32-17-19-34-40-24-33-23-31(18-20-37(33)59(40)48(66-41(34)25-32)30-13-9-8-10-14-30)35-26-51-44(53-35)38-15-11-21-57(38)46(60)42(28(2)3)55-49(62)64-5/h8-10,13-14,17-20,23-29,38-39,42-43,48H,7,11-12,15-16,21-22H2,1-6H3,(H,51,53)(H,52,54)(H,55,62)(H,56,63)/t29-,38-,39-,42-,43-,48-/m0/s1. The minimum absolute atomic E-state index is 0.0814. The fourth-order valence-electron chi connectivity index (χ4n) is 9.73. The topological polar surface area (TPSA) is 189 Å². The fourth-order valence-corrected chi connectivity index (χ4v) is 9.73. The molecule has 6 heterocycles. The molecule has 0 bridgehead atoms. The zero-order chi connectivity index (χ0) is 46.2. The van der Waals surface area contributed by atoms with Gasteiger partial charge in [0, 0.05) is 40.7 Å².